The number of morpholine rings is 1. The molecule has 160 valence electrons. The summed E-state index contributed by atoms with van der Waals surface area (Å²) in [5.41, 5.74) is 0.692. The fourth-order valence-electron chi connectivity index (χ4n) is 2.88. The molecule has 1 unspecified atom stereocenters. The van der Waals surface area contributed by atoms with Crippen LogP contribution < -0.4 is 4.72 Å². The van der Waals surface area contributed by atoms with E-state index in [1.54, 1.807) is 23.1 Å². The molecule has 2 rings (SSSR count). The second kappa shape index (κ2) is 10.5. The highest BCUT2D eigenvalue weighted by atomic mass is 32.2. The van der Waals surface area contributed by atoms with Gasteiger partial charge in [0.05, 0.1) is 25.2 Å². The van der Waals surface area contributed by atoms with Gasteiger partial charge in [-0.2, -0.15) is 4.72 Å². The van der Waals surface area contributed by atoms with Crippen molar-refractivity contribution in [3.63, 3.8) is 0 Å². The summed E-state index contributed by atoms with van der Waals surface area (Å²) in [7, 11) is -2.66. The molecular weight excluding hydrogens is 396 g/mol. The first-order valence-electron chi connectivity index (χ1n) is 9.48. The maximum Gasteiger partial charge on any atom is 0.323 e. The number of ether oxygens (including phenoxy) is 2. The van der Waals surface area contributed by atoms with Gasteiger partial charge in [-0.3, -0.25) is 9.59 Å². The minimum Gasteiger partial charge on any atom is -0.468 e. The zero-order valence-corrected chi connectivity index (χ0v) is 17.8. The van der Waals surface area contributed by atoms with E-state index >= 15 is 0 Å². The van der Waals surface area contributed by atoms with E-state index < -0.39 is 22.0 Å². The Balaban J connectivity index is 2.06. The minimum absolute atomic E-state index is 0.0341. The minimum atomic E-state index is -3.89. The van der Waals surface area contributed by atoms with Crippen molar-refractivity contribution in [2.45, 2.75) is 31.2 Å². The van der Waals surface area contributed by atoms with E-state index in [4.69, 9.17) is 9.47 Å². The third kappa shape index (κ3) is 6.95. The van der Waals surface area contributed by atoms with E-state index in [2.05, 4.69) is 4.72 Å². The zero-order chi connectivity index (χ0) is 21.4. The molecule has 0 bridgehead atoms. The van der Waals surface area contributed by atoms with E-state index in [-0.39, 0.29) is 16.7 Å². The van der Waals surface area contributed by atoms with Crippen molar-refractivity contribution in [2.75, 3.05) is 33.4 Å². The van der Waals surface area contributed by atoms with Gasteiger partial charge in [0, 0.05) is 19.2 Å². The SMILES string of the molecule is COC(=O)C(CC(C)C)NS(=O)(=O)c1ccc(/C=C/C(=O)N2CCOCC2)cc1. The summed E-state index contributed by atoms with van der Waals surface area (Å²) in [4.78, 5) is 25.8. The molecular formula is C20H28N2O6S. The number of hydrogen-bond acceptors (Lipinski definition) is 6. The van der Waals surface area contributed by atoms with Gasteiger partial charge < -0.3 is 14.4 Å². The second-order valence-electron chi connectivity index (χ2n) is 7.17. The summed E-state index contributed by atoms with van der Waals surface area (Å²) >= 11 is 0. The molecule has 9 heteroatoms. The molecule has 0 aliphatic carbocycles. The molecule has 1 aromatic carbocycles. The smallest absolute Gasteiger partial charge is 0.323 e. The highest BCUT2D eigenvalue weighted by Crippen LogP contribution is 2.15. The number of methoxy groups -OCH3 is 1. The predicted molar refractivity (Wildman–Crippen MR) is 108 cm³/mol. The van der Waals surface area contributed by atoms with Crippen molar-refractivity contribution in [2.24, 2.45) is 5.92 Å². The van der Waals surface area contributed by atoms with Gasteiger partial charge in [-0.05, 0) is 36.1 Å². The van der Waals surface area contributed by atoms with Crippen molar-refractivity contribution in [1.82, 2.24) is 9.62 Å². The summed E-state index contributed by atoms with van der Waals surface area (Å²) in [5, 5.41) is 0. The average molecular weight is 425 g/mol. The summed E-state index contributed by atoms with van der Waals surface area (Å²) in [5.74, 6) is -0.622. The van der Waals surface area contributed by atoms with Gasteiger partial charge in [-0.25, -0.2) is 8.42 Å². The van der Waals surface area contributed by atoms with Crippen LogP contribution in [0.25, 0.3) is 6.08 Å². The molecule has 1 aliphatic rings. The molecule has 1 heterocycles. The van der Waals surface area contributed by atoms with E-state index in [9.17, 15) is 18.0 Å². The van der Waals surface area contributed by atoms with E-state index in [1.807, 2.05) is 13.8 Å². The molecule has 0 aromatic heterocycles. The molecule has 1 saturated heterocycles. The van der Waals surface area contributed by atoms with Gasteiger partial charge in [-0.1, -0.05) is 26.0 Å². The molecule has 0 spiro atoms. The van der Waals surface area contributed by atoms with E-state index in [0.717, 1.165) is 0 Å². The van der Waals surface area contributed by atoms with Crippen LogP contribution in [0.1, 0.15) is 25.8 Å². The monoisotopic (exact) mass is 424 g/mol. The maximum absolute atomic E-state index is 12.6. The molecule has 1 fully saturated rings. The lowest BCUT2D eigenvalue weighted by Crippen LogP contribution is -2.42. The fourth-order valence-corrected chi connectivity index (χ4v) is 4.07. The lowest BCUT2D eigenvalue weighted by atomic mass is 10.1. The fraction of sp³-hybridized carbons (Fsp3) is 0.500. The molecule has 8 nitrogen and oxygen atoms in total. The first-order valence-corrected chi connectivity index (χ1v) is 11.0. The van der Waals surface area contributed by atoms with Crippen LogP contribution in [0.15, 0.2) is 35.2 Å². The summed E-state index contributed by atoms with van der Waals surface area (Å²) in [6, 6.07) is 5.13. The summed E-state index contributed by atoms with van der Waals surface area (Å²) in [6.07, 6.45) is 3.43. The average Bonchev–Trinajstić information content (AvgIpc) is 2.71. The highest BCUT2D eigenvalue weighted by molar-refractivity contribution is 7.89. The predicted octanol–water partition coefficient (Wildman–Crippen LogP) is 1.42. The maximum atomic E-state index is 12.6. The van der Waals surface area contributed by atoms with Crippen LogP contribution in [-0.2, 0) is 29.1 Å². The highest BCUT2D eigenvalue weighted by Gasteiger charge is 2.27. The number of esters is 1. The van der Waals surface area contributed by atoms with Gasteiger partial charge in [0.15, 0.2) is 0 Å². The lowest BCUT2D eigenvalue weighted by molar-refractivity contribution is -0.143. The largest absolute Gasteiger partial charge is 0.468 e. The van der Waals surface area contributed by atoms with Crippen molar-refractivity contribution in [3.05, 3.63) is 35.9 Å². The Hall–Kier alpha value is -2.23. The Morgan fingerprint density at radius 2 is 1.83 bits per heavy atom. The quantitative estimate of drug-likeness (QED) is 0.500. The van der Waals surface area contributed by atoms with Crippen LogP contribution in [0.4, 0.5) is 0 Å². The van der Waals surface area contributed by atoms with E-state index in [0.29, 0.717) is 38.3 Å². The van der Waals surface area contributed by atoms with Crippen LogP contribution in [0, 0.1) is 5.92 Å². The first-order chi connectivity index (χ1) is 13.7. The Morgan fingerprint density at radius 3 is 2.38 bits per heavy atom. The molecule has 1 N–H and O–H groups in total. The van der Waals surface area contributed by atoms with Crippen molar-refractivity contribution in [1.29, 1.82) is 0 Å². The number of sulfonamides is 1. The molecule has 0 saturated carbocycles. The zero-order valence-electron chi connectivity index (χ0n) is 17.0. The van der Waals surface area contributed by atoms with Gasteiger partial charge >= 0.3 is 5.97 Å². The van der Waals surface area contributed by atoms with Crippen LogP contribution >= 0.6 is 0 Å². The molecule has 1 amide bonds. The Morgan fingerprint density at radius 1 is 1.21 bits per heavy atom. The van der Waals surface area contributed by atoms with Crippen molar-refractivity contribution >= 4 is 28.0 Å². The standard InChI is InChI=1S/C20H28N2O6S/c1-15(2)14-18(20(24)27-3)21-29(25,26)17-7-4-16(5-8-17)6-9-19(23)22-10-12-28-13-11-22/h4-9,15,18,21H,10-14H2,1-3H3/b9-6+. The molecule has 1 aliphatic heterocycles. The number of rotatable bonds is 8. The lowest BCUT2D eigenvalue weighted by Gasteiger charge is -2.25. The van der Waals surface area contributed by atoms with Crippen molar-refractivity contribution < 1.29 is 27.5 Å². The Bertz CT molecular complexity index is 827. The third-order valence-electron chi connectivity index (χ3n) is 4.42. The molecule has 0 radical (unpaired) electrons. The van der Waals surface area contributed by atoms with E-state index in [1.165, 1.54) is 25.3 Å². The number of hydrogen-bond donors (Lipinski definition) is 1. The Kier molecular flexibility index (Phi) is 8.36. The molecule has 1 atom stereocenters. The first kappa shape index (κ1) is 23.1. The number of carbonyl (C=O) groups excluding carboxylic acids is 2. The van der Waals surface area contributed by atoms with Crippen LogP contribution in [0.3, 0.4) is 0 Å². The Labute approximate surface area is 171 Å². The topological polar surface area (TPSA) is 102 Å². The number of nitrogens with one attached hydrogen (secondary N) is 1. The summed E-state index contributed by atoms with van der Waals surface area (Å²) < 4.78 is 37.6. The number of amides is 1. The molecule has 29 heavy (non-hydrogen) atoms. The van der Waals surface area contributed by atoms with Gasteiger partial charge in [-0.15, -0.1) is 0 Å². The number of benzene rings is 1. The number of nitrogens with zero attached hydrogens (tertiary/aromatic N) is 1. The molecule has 1 aromatic rings. The van der Waals surface area contributed by atoms with Gasteiger partial charge in [0.25, 0.3) is 0 Å². The van der Waals surface area contributed by atoms with Gasteiger partial charge in [0.1, 0.15) is 6.04 Å². The van der Waals surface area contributed by atoms with Crippen LogP contribution in [-0.4, -0.2) is 64.6 Å². The van der Waals surface area contributed by atoms with Gasteiger partial charge in [0.2, 0.25) is 15.9 Å². The van der Waals surface area contributed by atoms with Crippen molar-refractivity contribution in [3.8, 4) is 0 Å². The number of carbonyl (C=O) groups is 2. The normalized spacial score (nSPS) is 16.2. The summed E-state index contributed by atoms with van der Waals surface area (Å²) in [6.45, 7) is 5.96. The third-order valence-corrected chi connectivity index (χ3v) is 5.91. The second-order valence-corrected chi connectivity index (χ2v) is 8.88. The van der Waals surface area contributed by atoms with Crippen LogP contribution in [0.5, 0.6) is 0 Å². The van der Waals surface area contributed by atoms with Crippen LogP contribution in [0.2, 0.25) is 0 Å².